The molecule has 0 bridgehead atoms. The second-order valence-electron chi connectivity index (χ2n) is 5.08. The van der Waals surface area contributed by atoms with Gasteiger partial charge >= 0.3 is 0 Å². The van der Waals surface area contributed by atoms with E-state index in [1.54, 1.807) is 11.3 Å². The summed E-state index contributed by atoms with van der Waals surface area (Å²) in [4.78, 5) is 4.63. The predicted octanol–water partition coefficient (Wildman–Crippen LogP) is 4.50. The molecule has 102 valence electrons. The van der Waals surface area contributed by atoms with Crippen molar-refractivity contribution in [3.8, 4) is 0 Å². The summed E-state index contributed by atoms with van der Waals surface area (Å²) in [7, 11) is 0. The van der Waals surface area contributed by atoms with Crippen LogP contribution in [0.4, 0.5) is 0 Å². The summed E-state index contributed by atoms with van der Waals surface area (Å²) < 4.78 is 0. The number of benzene rings is 1. The molecule has 0 amide bonds. The van der Waals surface area contributed by atoms with E-state index < -0.39 is 0 Å². The van der Waals surface area contributed by atoms with Crippen molar-refractivity contribution in [1.82, 2.24) is 10.3 Å². The van der Waals surface area contributed by atoms with E-state index in [-0.39, 0.29) is 6.04 Å². The van der Waals surface area contributed by atoms with Gasteiger partial charge in [0.25, 0.3) is 0 Å². The van der Waals surface area contributed by atoms with Crippen molar-refractivity contribution in [3.63, 3.8) is 0 Å². The minimum Gasteiger partial charge on any atom is -0.302 e. The third-order valence-corrected chi connectivity index (χ3v) is 4.19. The first-order chi connectivity index (χ1) is 8.97. The van der Waals surface area contributed by atoms with Crippen LogP contribution in [0.3, 0.4) is 0 Å². The van der Waals surface area contributed by atoms with E-state index >= 15 is 0 Å². The molecule has 4 heteroatoms. The van der Waals surface area contributed by atoms with Gasteiger partial charge in [0, 0.05) is 22.1 Å². The van der Waals surface area contributed by atoms with E-state index in [1.165, 1.54) is 11.1 Å². The number of nitrogens with one attached hydrogen (secondary N) is 1. The Kier molecular flexibility index (Phi) is 4.61. The van der Waals surface area contributed by atoms with Crippen molar-refractivity contribution >= 4 is 22.9 Å². The molecule has 0 saturated heterocycles. The smallest absolute Gasteiger partial charge is 0.114 e. The molecule has 19 heavy (non-hydrogen) atoms. The number of rotatable bonds is 4. The zero-order chi connectivity index (χ0) is 14.0. The highest BCUT2D eigenvalue weighted by molar-refractivity contribution is 7.09. The van der Waals surface area contributed by atoms with Gasteiger partial charge in [0.15, 0.2) is 0 Å². The summed E-state index contributed by atoms with van der Waals surface area (Å²) in [6, 6.07) is 6.57. The lowest BCUT2D eigenvalue weighted by Gasteiger charge is -2.21. The number of halogens is 1. The minimum absolute atomic E-state index is 0.135. The molecule has 2 nitrogen and oxygen atoms in total. The monoisotopic (exact) mass is 294 g/mol. The van der Waals surface area contributed by atoms with Gasteiger partial charge in [-0.3, -0.25) is 0 Å². The Balaban J connectivity index is 2.42. The Morgan fingerprint density at radius 1 is 1.26 bits per heavy atom. The molecule has 0 saturated carbocycles. The fourth-order valence-electron chi connectivity index (χ4n) is 2.10. The molecule has 1 heterocycles. The average molecular weight is 295 g/mol. The van der Waals surface area contributed by atoms with E-state index in [0.717, 1.165) is 15.7 Å². The molecule has 0 aliphatic heterocycles. The Morgan fingerprint density at radius 3 is 2.53 bits per heavy atom. The van der Waals surface area contributed by atoms with E-state index in [2.05, 4.69) is 42.5 Å². The Bertz CT molecular complexity index is 563. The maximum atomic E-state index is 6.04. The third kappa shape index (κ3) is 3.56. The summed E-state index contributed by atoms with van der Waals surface area (Å²) in [5.74, 6) is 0. The third-order valence-electron chi connectivity index (χ3n) is 2.93. The molecule has 0 aliphatic carbocycles. The van der Waals surface area contributed by atoms with E-state index in [0.29, 0.717) is 6.04 Å². The maximum Gasteiger partial charge on any atom is 0.114 e. The van der Waals surface area contributed by atoms with Crippen LogP contribution >= 0.6 is 22.9 Å². The molecule has 0 fully saturated rings. The van der Waals surface area contributed by atoms with Crippen LogP contribution in [0.15, 0.2) is 23.6 Å². The van der Waals surface area contributed by atoms with Crippen LogP contribution in [0, 0.1) is 13.8 Å². The van der Waals surface area contributed by atoms with Gasteiger partial charge in [-0.25, -0.2) is 4.98 Å². The summed E-state index contributed by atoms with van der Waals surface area (Å²) >= 11 is 7.74. The molecule has 1 aromatic heterocycles. The summed E-state index contributed by atoms with van der Waals surface area (Å²) in [6.07, 6.45) is 0. The van der Waals surface area contributed by atoms with Gasteiger partial charge in [0.2, 0.25) is 0 Å². The number of nitrogens with zero attached hydrogens (tertiary/aromatic N) is 1. The highest BCUT2D eigenvalue weighted by Crippen LogP contribution is 2.29. The minimum atomic E-state index is 0.135. The highest BCUT2D eigenvalue weighted by atomic mass is 35.5. The molecule has 1 unspecified atom stereocenters. The van der Waals surface area contributed by atoms with Crippen LogP contribution in [0.25, 0.3) is 0 Å². The van der Waals surface area contributed by atoms with Gasteiger partial charge in [-0.15, -0.1) is 11.3 Å². The Hall–Kier alpha value is -0.900. The largest absolute Gasteiger partial charge is 0.302 e. The van der Waals surface area contributed by atoms with Crippen LogP contribution in [0.5, 0.6) is 0 Å². The standard InChI is InChI=1S/C15H19ClN2S/c1-9(2)17-14(15-18-11(4)8-19-15)13-6-5-12(16)7-10(13)3/h5-9,14,17H,1-4H3. The molecular formula is C15H19ClN2S. The normalized spacial score (nSPS) is 12.9. The van der Waals surface area contributed by atoms with Crippen LogP contribution < -0.4 is 5.32 Å². The topological polar surface area (TPSA) is 24.9 Å². The molecule has 1 aromatic carbocycles. The molecule has 1 N–H and O–H groups in total. The first-order valence-electron chi connectivity index (χ1n) is 6.41. The second kappa shape index (κ2) is 6.04. The van der Waals surface area contributed by atoms with Gasteiger partial charge in [-0.2, -0.15) is 0 Å². The molecule has 2 aromatic rings. The zero-order valence-corrected chi connectivity index (χ0v) is 13.3. The van der Waals surface area contributed by atoms with Crippen LogP contribution in [-0.2, 0) is 0 Å². The first kappa shape index (κ1) is 14.5. The van der Waals surface area contributed by atoms with Crippen LogP contribution in [0.2, 0.25) is 5.02 Å². The summed E-state index contributed by atoms with van der Waals surface area (Å²) in [5.41, 5.74) is 3.51. The molecule has 2 rings (SSSR count). The average Bonchev–Trinajstić information content (AvgIpc) is 2.73. The lowest BCUT2D eigenvalue weighted by Crippen LogP contribution is -2.29. The number of hydrogen-bond acceptors (Lipinski definition) is 3. The highest BCUT2D eigenvalue weighted by Gasteiger charge is 2.20. The Morgan fingerprint density at radius 2 is 2.00 bits per heavy atom. The molecular weight excluding hydrogens is 276 g/mol. The quantitative estimate of drug-likeness (QED) is 0.898. The number of aryl methyl sites for hydroxylation is 2. The number of thiazole rings is 1. The lowest BCUT2D eigenvalue weighted by atomic mass is 10.0. The van der Waals surface area contributed by atoms with Gasteiger partial charge in [-0.1, -0.05) is 17.7 Å². The number of hydrogen-bond donors (Lipinski definition) is 1. The van der Waals surface area contributed by atoms with Gasteiger partial charge < -0.3 is 5.32 Å². The summed E-state index contributed by atoms with van der Waals surface area (Å²) in [6.45, 7) is 8.43. The second-order valence-corrected chi connectivity index (χ2v) is 6.41. The van der Waals surface area contributed by atoms with Crippen molar-refractivity contribution in [2.45, 2.75) is 39.8 Å². The zero-order valence-electron chi connectivity index (χ0n) is 11.7. The fourth-order valence-corrected chi connectivity index (χ4v) is 3.19. The fraction of sp³-hybridized carbons (Fsp3) is 0.400. The van der Waals surface area contributed by atoms with Crippen molar-refractivity contribution in [1.29, 1.82) is 0 Å². The summed E-state index contributed by atoms with van der Waals surface area (Å²) in [5, 5.41) is 7.57. The van der Waals surface area contributed by atoms with Crippen molar-refractivity contribution in [2.75, 3.05) is 0 Å². The number of aromatic nitrogens is 1. The van der Waals surface area contributed by atoms with Crippen molar-refractivity contribution in [2.24, 2.45) is 0 Å². The van der Waals surface area contributed by atoms with Crippen LogP contribution in [-0.4, -0.2) is 11.0 Å². The van der Waals surface area contributed by atoms with E-state index in [1.807, 2.05) is 19.1 Å². The van der Waals surface area contributed by atoms with Gasteiger partial charge in [0.1, 0.15) is 5.01 Å². The van der Waals surface area contributed by atoms with Gasteiger partial charge in [-0.05, 0) is 51.0 Å². The van der Waals surface area contributed by atoms with Gasteiger partial charge in [0.05, 0.1) is 6.04 Å². The molecule has 1 atom stereocenters. The van der Waals surface area contributed by atoms with Crippen molar-refractivity contribution < 1.29 is 0 Å². The molecule has 0 aliphatic rings. The first-order valence-corrected chi connectivity index (χ1v) is 7.67. The SMILES string of the molecule is Cc1csc(C(NC(C)C)c2ccc(Cl)cc2C)n1. The van der Waals surface area contributed by atoms with E-state index in [4.69, 9.17) is 11.6 Å². The molecule has 0 spiro atoms. The Labute approximate surface area is 123 Å². The molecule has 0 radical (unpaired) electrons. The predicted molar refractivity (Wildman–Crippen MR) is 83.2 cm³/mol. The van der Waals surface area contributed by atoms with E-state index in [9.17, 15) is 0 Å². The lowest BCUT2D eigenvalue weighted by molar-refractivity contribution is 0.525. The van der Waals surface area contributed by atoms with Crippen molar-refractivity contribution in [3.05, 3.63) is 50.4 Å². The maximum absolute atomic E-state index is 6.04. The van der Waals surface area contributed by atoms with Crippen LogP contribution in [0.1, 0.15) is 41.7 Å².